The summed E-state index contributed by atoms with van der Waals surface area (Å²) in [5.74, 6) is 0. The molecule has 0 amide bonds. The Bertz CT molecular complexity index is 2300. The van der Waals surface area contributed by atoms with E-state index in [1.807, 2.05) is 42.5 Å². The van der Waals surface area contributed by atoms with Crippen LogP contribution in [0.25, 0.3) is 65.7 Å². The van der Waals surface area contributed by atoms with Gasteiger partial charge in [0.1, 0.15) is 11.2 Å². The first kappa shape index (κ1) is 11.0. The Morgan fingerprint density at radius 3 is 1.79 bits per heavy atom. The van der Waals surface area contributed by atoms with E-state index in [1.54, 1.807) is 18.2 Å². The molecule has 1 heteroatoms. The first-order valence-electron chi connectivity index (χ1n) is 15.5. The maximum Gasteiger partial charge on any atom is 0.143 e. The molecule has 0 atom stereocenters. The number of hydrogen-bond donors (Lipinski definition) is 0. The molecule has 1 aromatic heterocycles. The summed E-state index contributed by atoms with van der Waals surface area (Å²) in [7, 11) is 0. The fourth-order valence-electron chi connectivity index (χ4n) is 4.55. The first-order chi connectivity index (χ1) is 20.5. The average Bonchev–Trinajstić information content (AvgIpc) is 3.40. The largest absolute Gasteiger partial charge is 0.455 e. The third-order valence-corrected chi connectivity index (χ3v) is 6.02. The van der Waals surface area contributed by atoms with Crippen molar-refractivity contribution in [3.63, 3.8) is 0 Å². The van der Waals surface area contributed by atoms with E-state index in [1.165, 1.54) is 0 Å². The molecule has 33 heavy (non-hydrogen) atoms. The summed E-state index contributed by atoms with van der Waals surface area (Å²) in [6, 6.07) is 14.7. The third kappa shape index (κ3) is 2.79. The van der Waals surface area contributed by atoms with Gasteiger partial charge in [0.25, 0.3) is 0 Å². The first-order valence-corrected chi connectivity index (χ1v) is 10.5. The van der Waals surface area contributed by atoms with E-state index in [0.29, 0.717) is 22.3 Å². The second-order valence-electron chi connectivity index (χ2n) is 7.82. The number of hydrogen-bond acceptors (Lipinski definition) is 1. The van der Waals surface area contributed by atoms with E-state index in [4.69, 9.17) is 18.1 Å². The van der Waals surface area contributed by atoms with Gasteiger partial charge in [-0.15, -0.1) is 0 Å². The van der Waals surface area contributed by atoms with Crippen molar-refractivity contribution in [1.82, 2.24) is 0 Å². The normalized spacial score (nSPS) is 15.9. The molecule has 0 bridgehead atoms. The van der Waals surface area contributed by atoms with Crippen molar-refractivity contribution in [2.24, 2.45) is 0 Å². The molecule has 0 aliphatic carbocycles. The van der Waals surface area contributed by atoms with Crippen molar-refractivity contribution in [1.29, 1.82) is 0 Å². The molecule has 0 unspecified atom stereocenters. The maximum absolute atomic E-state index is 8.46. The predicted octanol–water partition coefficient (Wildman–Crippen LogP) is 9.23. The van der Waals surface area contributed by atoms with Crippen LogP contribution in [0.15, 0.2) is 126 Å². The highest BCUT2D eigenvalue weighted by molar-refractivity contribution is 6.30. The van der Waals surface area contributed by atoms with E-state index < -0.39 is 36.3 Å². The number of fused-ring (bicyclic) bond motifs is 8. The molecule has 1 heterocycles. The fourth-order valence-corrected chi connectivity index (χ4v) is 4.55. The molecular formula is C32H20O. The zero-order chi connectivity index (χ0) is 30.5. The SMILES string of the molecule is [2H]c1c([2H])c([2H])c(-c2ccc3c(c2)oc2c4ccc(-c5c([2H])c([2H])c([2H])c([2H])c5[2H])cc4c4ccccc4c32)c([2H])c1[2H]. The minimum atomic E-state index is -0.454. The van der Waals surface area contributed by atoms with Crippen molar-refractivity contribution in [3.8, 4) is 22.3 Å². The third-order valence-electron chi connectivity index (χ3n) is 6.02. The van der Waals surface area contributed by atoms with E-state index in [0.717, 1.165) is 32.3 Å². The van der Waals surface area contributed by atoms with E-state index >= 15 is 0 Å². The topological polar surface area (TPSA) is 13.1 Å². The molecule has 0 radical (unpaired) electrons. The second-order valence-corrected chi connectivity index (χ2v) is 7.82. The zero-order valence-corrected chi connectivity index (χ0v) is 17.2. The number of rotatable bonds is 2. The van der Waals surface area contributed by atoms with Crippen LogP contribution in [0.2, 0.25) is 0 Å². The molecular weight excluding hydrogens is 400 g/mol. The van der Waals surface area contributed by atoms with Gasteiger partial charge in [-0.25, -0.2) is 0 Å². The molecule has 6 aromatic carbocycles. The van der Waals surface area contributed by atoms with Crippen LogP contribution in [0.4, 0.5) is 0 Å². The van der Waals surface area contributed by atoms with E-state index in [9.17, 15) is 0 Å². The summed E-state index contributed by atoms with van der Waals surface area (Å²) < 4.78 is 88.4. The summed E-state index contributed by atoms with van der Waals surface area (Å²) in [5.41, 5.74) is 2.17. The van der Waals surface area contributed by atoms with Crippen molar-refractivity contribution in [2.75, 3.05) is 0 Å². The van der Waals surface area contributed by atoms with Gasteiger partial charge in [0.2, 0.25) is 0 Å². The molecule has 0 aliphatic rings. The molecule has 1 nitrogen and oxygen atoms in total. The van der Waals surface area contributed by atoms with Crippen LogP contribution in [-0.4, -0.2) is 0 Å². The van der Waals surface area contributed by atoms with Crippen LogP contribution in [0.5, 0.6) is 0 Å². The summed E-state index contributed by atoms with van der Waals surface area (Å²) in [4.78, 5) is 0. The lowest BCUT2D eigenvalue weighted by molar-refractivity contribution is 0.673. The van der Waals surface area contributed by atoms with Crippen LogP contribution in [0, 0.1) is 0 Å². The van der Waals surface area contributed by atoms with Gasteiger partial charge in [-0.05, 0) is 62.7 Å². The van der Waals surface area contributed by atoms with Crippen LogP contribution in [0.3, 0.4) is 0 Å². The van der Waals surface area contributed by atoms with Crippen LogP contribution >= 0.6 is 0 Å². The molecule has 7 aromatic rings. The Hall–Kier alpha value is -4.36. The van der Waals surface area contributed by atoms with Gasteiger partial charge in [-0.2, -0.15) is 0 Å². The van der Waals surface area contributed by atoms with E-state index in [2.05, 4.69) is 0 Å². The highest BCUT2D eigenvalue weighted by Crippen LogP contribution is 2.42. The summed E-state index contributed by atoms with van der Waals surface area (Å²) in [5, 5.41) is 4.94. The Morgan fingerprint density at radius 2 is 1.09 bits per heavy atom. The zero-order valence-electron chi connectivity index (χ0n) is 27.2. The summed E-state index contributed by atoms with van der Waals surface area (Å²) >= 11 is 0. The molecule has 7 rings (SSSR count). The standard InChI is InChI=1S/C32H20O/c1-3-9-21(10-4-1)23-15-17-27-29(19-23)25-13-7-8-14-26(25)31-28-18-16-24(20-30(28)33-32(27)31)22-11-5-2-6-12-22/h1-20H/i1D,2D,3D,4D,5D,6D,9D,10D,11D,12D. The Balaban J connectivity index is 1.54. The smallest absolute Gasteiger partial charge is 0.143 e. The maximum atomic E-state index is 8.46. The Kier molecular flexibility index (Phi) is 2.36. The molecule has 0 saturated heterocycles. The van der Waals surface area contributed by atoms with Gasteiger partial charge in [-0.1, -0.05) is 96.8 Å². The van der Waals surface area contributed by atoms with Crippen LogP contribution < -0.4 is 0 Å². The minimum Gasteiger partial charge on any atom is -0.455 e. The lowest BCUT2D eigenvalue weighted by atomic mass is 9.94. The van der Waals surface area contributed by atoms with Gasteiger partial charge in [0.05, 0.1) is 13.7 Å². The molecule has 0 saturated carbocycles. The lowest BCUT2D eigenvalue weighted by Crippen LogP contribution is -1.83. The molecule has 0 spiro atoms. The number of furan rings is 1. The molecule has 0 fully saturated rings. The van der Waals surface area contributed by atoms with Crippen molar-refractivity contribution < 1.29 is 18.1 Å². The van der Waals surface area contributed by atoms with Gasteiger partial charge in [0, 0.05) is 16.2 Å². The molecule has 154 valence electrons. The number of benzene rings is 6. The van der Waals surface area contributed by atoms with Gasteiger partial charge < -0.3 is 4.42 Å². The van der Waals surface area contributed by atoms with Crippen LogP contribution in [-0.2, 0) is 0 Å². The summed E-state index contributed by atoms with van der Waals surface area (Å²) in [6.45, 7) is 0. The fraction of sp³-hybridized carbons (Fsp3) is 0. The van der Waals surface area contributed by atoms with Crippen LogP contribution in [0.1, 0.15) is 13.7 Å². The van der Waals surface area contributed by atoms with Crippen molar-refractivity contribution in [2.45, 2.75) is 0 Å². The van der Waals surface area contributed by atoms with Crippen molar-refractivity contribution >= 4 is 43.5 Å². The summed E-state index contributed by atoms with van der Waals surface area (Å²) in [6.07, 6.45) is 0. The average molecular weight is 431 g/mol. The molecule has 0 N–H and O–H groups in total. The second kappa shape index (κ2) is 7.08. The predicted molar refractivity (Wildman–Crippen MR) is 140 cm³/mol. The molecule has 0 aliphatic heterocycles. The van der Waals surface area contributed by atoms with Gasteiger partial charge in [-0.3, -0.25) is 0 Å². The monoisotopic (exact) mass is 430 g/mol. The van der Waals surface area contributed by atoms with Crippen molar-refractivity contribution in [3.05, 3.63) is 121 Å². The highest BCUT2D eigenvalue weighted by atomic mass is 16.3. The Labute approximate surface area is 205 Å². The van der Waals surface area contributed by atoms with E-state index in [-0.39, 0.29) is 35.3 Å². The van der Waals surface area contributed by atoms with Gasteiger partial charge in [0.15, 0.2) is 0 Å². The minimum absolute atomic E-state index is 0.0892. The lowest BCUT2D eigenvalue weighted by Gasteiger charge is -2.09. The Morgan fingerprint density at radius 1 is 0.485 bits per heavy atom. The quantitative estimate of drug-likeness (QED) is 0.249. The highest BCUT2D eigenvalue weighted by Gasteiger charge is 2.16. The van der Waals surface area contributed by atoms with Gasteiger partial charge >= 0.3 is 0 Å².